The molecule has 0 fully saturated rings. The third-order valence-corrected chi connectivity index (χ3v) is 6.10. The monoisotopic (exact) mass is 525 g/mol. The van der Waals surface area contributed by atoms with E-state index in [0.29, 0.717) is 17.7 Å². The number of anilines is 1. The lowest BCUT2D eigenvalue weighted by atomic mass is 9.93. The van der Waals surface area contributed by atoms with Crippen LogP contribution in [0.4, 0.5) is 10.5 Å². The molecule has 3 N–H and O–H groups in total. The normalized spacial score (nSPS) is 13.0. The average molecular weight is 526 g/mol. The van der Waals surface area contributed by atoms with Gasteiger partial charge in [0, 0.05) is 12.2 Å². The van der Waals surface area contributed by atoms with Crippen LogP contribution in [0, 0.1) is 26.7 Å². The Bertz CT molecular complexity index is 1100. The van der Waals surface area contributed by atoms with Gasteiger partial charge in [0.25, 0.3) is 5.91 Å². The Labute approximate surface area is 226 Å². The average Bonchev–Trinajstić information content (AvgIpc) is 2.79. The molecule has 8 nitrogen and oxygen atoms in total. The maximum atomic E-state index is 14.1. The van der Waals surface area contributed by atoms with Gasteiger partial charge in [-0.3, -0.25) is 9.59 Å². The van der Waals surface area contributed by atoms with Crippen LogP contribution < -0.4 is 10.6 Å². The number of hydrogen-bond acceptors (Lipinski definition) is 5. The van der Waals surface area contributed by atoms with Crippen molar-refractivity contribution in [1.82, 2.24) is 10.2 Å². The third-order valence-electron chi connectivity index (χ3n) is 6.10. The summed E-state index contributed by atoms with van der Waals surface area (Å²) in [4.78, 5) is 42.1. The van der Waals surface area contributed by atoms with Gasteiger partial charge in [-0.2, -0.15) is 0 Å². The Balaban J connectivity index is 2.58. The van der Waals surface area contributed by atoms with Gasteiger partial charge in [-0.15, -0.1) is 0 Å². The van der Waals surface area contributed by atoms with Crippen LogP contribution in [-0.2, 0) is 14.3 Å². The molecular formula is C30H43N3O5. The number of amides is 3. The summed E-state index contributed by atoms with van der Waals surface area (Å²) in [7, 11) is 0. The lowest BCUT2D eigenvalue weighted by Gasteiger charge is -2.35. The van der Waals surface area contributed by atoms with Crippen molar-refractivity contribution in [3.8, 4) is 0 Å². The van der Waals surface area contributed by atoms with Crippen LogP contribution in [0.15, 0.2) is 42.5 Å². The predicted octanol–water partition coefficient (Wildman–Crippen LogP) is 5.05. The second kappa shape index (κ2) is 13.4. The summed E-state index contributed by atoms with van der Waals surface area (Å²) in [5.41, 5.74) is 3.13. The van der Waals surface area contributed by atoms with Crippen molar-refractivity contribution in [2.24, 2.45) is 5.92 Å². The highest BCUT2D eigenvalue weighted by Crippen LogP contribution is 2.30. The molecule has 0 spiro atoms. The molecule has 0 saturated heterocycles. The number of aliphatic hydroxyl groups excluding tert-OH is 1. The van der Waals surface area contributed by atoms with E-state index < -0.39 is 35.6 Å². The lowest BCUT2D eigenvalue weighted by Crippen LogP contribution is -2.53. The highest BCUT2D eigenvalue weighted by molar-refractivity contribution is 5.99. The fraction of sp³-hybridized carbons (Fsp3) is 0.500. The first-order chi connectivity index (χ1) is 17.7. The van der Waals surface area contributed by atoms with Crippen LogP contribution in [0.3, 0.4) is 0 Å². The van der Waals surface area contributed by atoms with Crippen LogP contribution in [0.2, 0.25) is 0 Å². The van der Waals surface area contributed by atoms with Crippen LogP contribution >= 0.6 is 0 Å². The van der Waals surface area contributed by atoms with E-state index in [-0.39, 0.29) is 19.1 Å². The first-order valence-corrected chi connectivity index (χ1v) is 13.1. The van der Waals surface area contributed by atoms with Gasteiger partial charge >= 0.3 is 6.09 Å². The third kappa shape index (κ3) is 8.58. The van der Waals surface area contributed by atoms with Crippen LogP contribution in [0.25, 0.3) is 0 Å². The number of nitrogens with one attached hydrogen (secondary N) is 2. The summed E-state index contributed by atoms with van der Waals surface area (Å²) < 4.78 is 5.41. The first-order valence-electron chi connectivity index (χ1n) is 13.1. The van der Waals surface area contributed by atoms with Gasteiger partial charge in [0.05, 0.1) is 6.61 Å². The van der Waals surface area contributed by atoms with Gasteiger partial charge in [-0.1, -0.05) is 50.2 Å². The van der Waals surface area contributed by atoms with Crippen LogP contribution in [0.5, 0.6) is 0 Å². The number of ether oxygens (including phenoxy) is 1. The van der Waals surface area contributed by atoms with Gasteiger partial charge in [-0.05, 0) is 82.2 Å². The topological polar surface area (TPSA) is 108 Å². The van der Waals surface area contributed by atoms with Crippen molar-refractivity contribution in [1.29, 1.82) is 0 Å². The summed E-state index contributed by atoms with van der Waals surface area (Å²) in [6.45, 7) is 14.4. The second-order valence-corrected chi connectivity index (χ2v) is 11.1. The van der Waals surface area contributed by atoms with E-state index >= 15 is 0 Å². The molecule has 2 aromatic rings. The number of rotatable bonds is 10. The summed E-state index contributed by atoms with van der Waals surface area (Å²) in [6, 6.07) is 11.1. The van der Waals surface area contributed by atoms with Gasteiger partial charge in [0.15, 0.2) is 0 Å². The van der Waals surface area contributed by atoms with Crippen molar-refractivity contribution in [3.05, 3.63) is 64.7 Å². The number of hydrogen-bond donors (Lipinski definition) is 3. The molecule has 38 heavy (non-hydrogen) atoms. The number of carbonyl (C=O) groups excluding carboxylic acids is 3. The van der Waals surface area contributed by atoms with E-state index in [1.54, 1.807) is 26.8 Å². The number of para-hydroxylation sites is 1. The maximum Gasteiger partial charge on any atom is 0.408 e. The van der Waals surface area contributed by atoms with E-state index in [1.807, 2.05) is 71.0 Å². The molecule has 0 aliphatic heterocycles. The number of alkyl carbamates (subject to hydrolysis) is 1. The summed E-state index contributed by atoms with van der Waals surface area (Å²) >= 11 is 0. The first kappa shape index (κ1) is 30.8. The smallest absolute Gasteiger partial charge is 0.408 e. The molecule has 0 saturated carbocycles. The lowest BCUT2D eigenvalue weighted by molar-refractivity contribution is -0.141. The molecule has 0 aliphatic carbocycles. The Morgan fingerprint density at radius 1 is 0.947 bits per heavy atom. The van der Waals surface area contributed by atoms with E-state index in [4.69, 9.17) is 4.74 Å². The molecule has 0 aliphatic rings. The largest absolute Gasteiger partial charge is 0.444 e. The Kier molecular flexibility index (Phi) is 10.9. The van der Waals surface area contributed by atoms with E-state index in [2.05, 4.69) is 10.6 Å². The number of aliphatic hydroxyl groups is 1. The van der Waals surface area contributed by atoms with Gasteiger partial charge in [-0.25, -0.2) is 4.79 Å². The van der Waals surface area contributed by atoms with Crippen molar-refractivity contribution in [2.75, 3.05) is 18.5 Å². The molecule has 3 amide bonds. The van der Waals surface area contributed by atoms with Crippen molar-refractivity contribution in [2.45, 2.75) is 79.5 Å². The van der Waals surface area contributed by atoms with Crippen LogP contribution in [-0.4, -0.2) is 52.7 Å². The van der Waals surface area contributed by atoms with Crippen molar-refractivity contribution >= 4 is 23.6 Å². The summed E-state index contributed by atoms with van der Waals surface area (Å²) in [5, 5.41) is 15.7. The highest BCUT2D eigenvalue weighted by atomic mass is 16.6. The molecule has 0 aromatic heterocycles. The molecule has 8 heteroatoms. The molecule has 0 radical (unpaired) electrons. The quantitative estimate of drug-likeness (QED) is 0.402. The summed E-state index contributed by atoms with van der Waals surface area (Å²) in [5.74, 6) is -0.806. The predicted molar refractivity (Wildman–Crippen MR) is 150 cm³/mol. The van der Waals surface area contributed by atoms with Crippen LogP contribution in [0.1, 0.15) is 69.3 Å². The molecule has 2 unspecified atom stereocenters. The minimum atomic E-state index is -1.04. The standard InChI is InChI=1S/C30H43N3O5/c1-19(2)18-24(32-29(37)38-30(6,7)8)28(36)33(16-17-34)26(25-21(4)13-11-14-22(25)5)27(35)31-23-15-10-9-12-20(23)3/h9-15,19,24,26,34H,16-18H2,1-8H3,(H,31,35)(H,32,37). The SMILES string of the molecule is Cc1ccccc1NC(=O)C(c1c(C)cccc1C)N(CCO)C(=O)C(CC(C)C)NC(=O)OC(C)(C)C. The molecule has 2 rings (SSSR count). The number of nitrogens with zero attached hydrogens (tertiary/aromatic N) is 1. The number of aryl methyl sites for hydroxylation is 3. The Morgan fingerprint density at radius 3 is 2.05 bits per heavy atom. The van der Waals surface area contributed by atoms with Gasteiger partial charge in [0.1, 0.15) is 17.7 Å². The van der Waals surface area contributed by atoms with E-state index in [0.717, 1.165) is 16.7 Å². The van der Waals surface area contributed by atoms with Gasteiger partial charge in [0.2, 0.25) is 5.91 Å². The zero-order valence-electron chi connectivity index (χ0n) is 23.9. The molecule has 2 aromatic carbocycles. The number of carbonyl (C=O) groups is 3. The molecule has 0 bridgehead atoms. The van der Waals surface area contributed by atoms with E-state index in [1.165, 1.54) is 4.90 Å². The van der Waals surface area contributed by atoms with Gasteiger partial charge < -0.3 is 25.4 Å². The van der Waals surface area contributed by atoms with Crippen molar-refractivity contribution < 1.29 is 24.2 Å². The maximum absolute atomic E-state index is 14.1. The minimum absolute atomic E-state index is 0.0642. The van der Waals surface area contributed by atoms with Crippen molar-refractivity contribution in [3.63, 3.8) is 0 Å². The minimum Gasteiger partial charge on any atom is -0.444 e. The fourth-order valence-corrected chi connectivity index (χ4v) is 4.42. The Hall–Kier alpha value is -3.39. The Morgan fingerprint density at radius 2 is 1.53 bits per heavy atom. The molecular weight excluding hydrogens is 482 g/mol. The molecule has 0 heterocycles. The zero-order chi connectivity index (χ0) is 28.6. The molecule has 2 atom stereocenters. The zero-order valence-corrected chi connectivity index (χ0v) is 23.9. The second-order valence-electron chi connectivity index (χ2n) is 11.1. The number of benzene rings is 2. The summed E-state index contributed by atoms with van der Waals surface area (Å²) in [6.07, 6.45) is -0.382. The fourth-order valence-electron chi connectivity index (χ4n) is 4.42. The van der Waals surface area contributed by atoms with E-state index in [9.17, 15) is 19.5 Å². The molecule has 208 valence electrons. The highest BCUT2D eigenvalue weighted by Gasteiger charge is 2.37.